The Morgan fingerprint density at radius 1 is 1.19 bits per heavy atom. The van der Waals surface area contributed by atoms with Crippen LogP contribution >= 0.6 is 0 Å². The number of rotatable bonds is 5. The third-order valence-electron chi connectivity index (χ3n) is 5.66. The van der Waals surface area contributed by atoms with Crippen LogP contribution in [0.4, 0.5) is 11.6 Å². The molecule has 1 aliphatic rings. The average Bonchev–Trinajstić information content (AvgIpc) is 3.35. The Balaban J connectivity index is 1.45. The van der Waals surface area contributed by atoms with Gasteiger partial charge in [0, 0.05) is 24.5 Å². The first-order chi connectivity index (χ1) is 15.5. The Labute approximate surface area is 183 Å². The zero-order valence-corrected chi connectivity index (χ0v) is 17.4. The number of furan rings is 1. The van der Waals surface area contributed by atoms with Gasteiger partial charge in [-0.15, -0.1) is 0 Å². The number of benzene rings is 1. The molecule has 0 saturated carbocycles. The summed E-state index contributed by atoms with van der Waals surface area (Å²) in [7, 11) is 0. The summed E-state index contributed by atoms with van der Waals surface area (Å²) in [4.78, 5) is 39.5. The van der Waals surface area contributed by atoms with Crippen molar-refractivity contribution in [2.45, 2.75) is 25.8 Å². The summed E-state index contributed by atoms with van der Waals surface area (Å²) in [5, 5.41) is 13.5. The molecule has 1 aliphatic heterocycles. The zero-order valence-electron chi connectivity index (χ0n) is 17.4. The monoisotopic (exact) mass is 431 g/mol. The van der Waals surface area contributed by atoms with E-state index in [0.717, 1.165) is 5.39 Å². The van der Waals surface area contributed by atoms with Crippen LogP contribution in [0.1, 0.15) is 18.7 Å². The van der Waals surface area contributed by atoms with Gasteiger partial charge in [-0.05, 0) is 43.5 Å². The van der Waals surface area contributed by atoms with Crippen molar-refractivity contribution in [3.63, 3.8) is 0 Å². The minimum absolute atomic E-state index is 0.158. The number of nitrogens with zero attached hydrogens (tertiary/aromatic N) is 4. The fraction of sp³-hybridized carbons (Fsp3) is 0.261. The van der Waals surface area contributed by atoms with Crippen molar-refractivity contribution in [3.05, 3.63) is 54.5 Å². The summed E-state index contributed by atoms with van der Waals surface area (Å²) in [6.07, 6.45) is 2.11. The molecule has 2 N–H and O–H groups in total. The molecule has 3 aromatic heterocycles. The molecule has 9 heteroatoms. The number of carboxylic acids is 1. The first-order valence-electron chi connectivity index (χ1n) is 10.4. The Kier molecular flexibility index (Phi) is 4.93. The van der Waals surface area contributed by atoms with E-state index in [0.29, 0.717) is 47.1 Å². The molecular weight excluding hydrogens is 410 g/mol. The van der Waals surface area contributed by atoms with Crippen molar-refractivity contribution < 1.29 is 19.1 Å². The average molecular weight is 431 g/mol. The molecule has 4 heterocycles. The Hall–Kier alpha value is -4.01. The summed E-state index contributed by atoms with van der Waals surface area (Å²) in [6, 6.07) is 12.0. The van der Waals surface area contributed by atoms with E-state index in [9.17, 15) is 14.7 Å². The number of nitrogens with one attached hydrogen (secondary N) is 1. The van der Waals surface area contributed by atoms with Gasteiger partial charge in [0.05, 0.1) is 0 Å². The van der Waals surface area contributed by atoms with Gasteiger partial charge < -0.3 is 19.7 Å². The van der Waals surface area contributed by atoms with Crippen molar-refractivity contribution in [2.75, 3.05) is 16.8 Å². The number of aryl methyl sites for hydroxylation is 1. The highest BCUT2D eigenvalue weighted by Crippen LogP contribution is 2.37. The fourth-order valence-electron chi connectivity index (χ4n) is 4.31. The first-order valence-corrected chi connectivity index (χ1v) is 10.4. The van der Waals surface area contributed by atoms with Crippen molar-refractivity contribution in [2.24, 2.45) is 5.92 Å². The highest BCUT2D eigenvalue weighted by Gasteiger charge is 2.40. The Bertz CT molecular complexity index is 1320. The van der Waals surface area contributed by atoms with Crippen LogP contribution in [0.25, 0.3) is 22.1 Å². The number of hydrogen-bond donors (Lipinski definition) is 2. The molecular formula is C23H21N5O4. The Morgan fingerprint density at radius 2 is 2.00 bits per heavy atom. The molecule has 1 saturated heterocycles. The molecule has 1 fully saturated rings. The second-order valence-corrected chi connectivity index (χ2v) is 7.95. The van der Waals surface area contributed by atoms with E-state index in [1.807, 2.05) is 24.3 Å². The van der Waals surface area contributed by atoms with Crippen LogP contribution < -0.4 is 10.2 Å². The molecule has 4 aromatic rings. The molecule has 5 rings (SSSR count). The number of fused-ring (bicyclic) bond motifs is 3. The second kappa shape index (κ2) is 7.92. The summed E-state index contributed by atoms with van der Waals surface area (Å²) in [5.41, 5.74) is 1.78. The lowest BCUT2D eigenvalue weighted by Gasteiger charge is -2.22. The zero-order chi connectivity index (χ0) is 22.2. The number of aliphatic carboxylic acids is 1. The molecule has 32 heavy (non-hydrogen) atoms. The summed E-state index contributed by atoms with van der Waals surface area (Å²) in [6.45, 7) is 2.14. The number of carbonyl (C=O) groups excluding carboxylic acids is 1. The standard InChI is InChI=1S/C23H21N5O4/c1-13-25-20-15-6-2-3-7-17(15)32-21(20)22(26-13)28-12-14(10-16(28)23(30)31)11-19(29)27-18-8-4-5-9-24-18/h2-9,14,16H,10-12H2,1H3,(H,30,31)(H,24,27,29). The van der Waals surface area contributed by atoms with E-state index in [1.165, 1.54) is 0 Å². The van der Waals surface area contributed by atoms with E-state index in [2.05, 4.69) is 20.3 Å². The first kappa shape index (κ1) is 19.9. The van der Waals surface area contributed by atoms with Crippen LogP contribution in [-0.2, 0) is 9.59 Å². The number of hydrogen-bond acceptors (Lipinski definition) is 7. The number of amides is 1. The molecule has 162 valence electrons. The topological polar surface area (TPSA) is 121 Å². The van der Waals surface area contributed by atoms with Gasteiger partial charge in [-0.3, -0.25) is 4.79 Å². The molecule has 0 spiro atoms. The van der Waals surface area contributed by atoms with Gasteiger partial charge >= 0.3 is 5.97 Å². The van der Waals surface area contributed by atoms with Gasteiger partial charge in [0.1, 0.15) is 28.8 Å². The highest BCUT2D eigenvalue weighted by molar-refractivity contribution is 6.06. The number of para-hydroxylation sites is 1. The van der Waals surface area contributed by atoms with Crippen molar-refractivity contribution in [1.29, 1.82) is 0 Å². The van der Waals surface area contributed by atoms with Crippen LogP contribution in [0.3, 0.4) is 0 Å². The number of carboxylic acid groups (broad SMARTS) is 1. The van der Waals surface area contributed by atoms with Crippen molar-refractivity contribution >= 4 is 45.6 Å². The van der Waals surface area contributed by atoms with Crippen LogP contribution in [0.2, 0.25) is 0 Å². The molecule has 0 bridgehead atoms. The van der Waals surface area contributed by atoms with E-state index < -0.39 is 12.0 Å². The number of aromatic nitrogens is 3. The van der Waals surface area contributed by atoms with Crippen LogP contribution in [0, 0.1) is 12.8 Å². The normalized spacial score (nSPS) is 18.3. The minimum atomic E-state index is -0.960. The maximum atomic E-state index is 12.5. The van der Waals surface area contributed by atoms with Crippen LogP contribution in [0.15, 0.2) is 53.1 Å². The number of pyridine rings is 1. The molecule has 0 radical (unpaired) electrons. The number of carbonyl (C=O) groups is 2. The van der Waals surface area contributed by atoms with E-state index >= 15 is 0 Å². The summed E-state index contributed by atoms with van der Waals surface area (Å²) in [5.74, 6) is 0.126. The lowest BCUT2D eigenvalue weighted by molar-refractivity contribution is -0.138. The predicted molar refractivity (Wildman–Crippen MR) is 118 cm³/mol. The highest BCUT2D eigenvalue weighted by atomic mass is 16.4. The lowest BCUT2D eigenvalue weighted by atomic mass is 10.0. The third kappa shape index (κ3) is 3.62. The van der Waals surface area contributed by atoms with Crippen LogP contribution in [-0.4, -0.2) is 44.5 Å². The van der Waals surface area contributed by atoms with Crippen molar-refractivity contribution in [1.82, 2.24) is 15.0 Å². The third-order valence-corrected chi connectivity index (χ3v) is 5.66. The molecule has 1 aromatic carbocycles. The van der Waals surface area contributed by atoms with Gasteiger partial charge in [0.15, 0.2) is 11.4 Å². The number of anilines is 2. The van der Waals surface area contributed by atoms with E-state index in [1.54, 1.807) is 36.2 Å². The van der Waals surface area contributed by atoms with Gasteiger partial charge in [-0.2, -0.15) is 0 Å². The largest absolute Gasteiger partial charge is 0.480 e. The van der Waals surface area contributed by atoms with E-state index in [4.69, 9.17) is 4.42 Å². The Morgan fingerprint density at radius 3 is 2.78 bits per heavy atom. The SMILES string of the molecule is Cc1nc(N2CC(CC(=O)Nc3ccccn3)CC2C(=O)O)c2oc3ccccc3c2n1. The second-order valence-electron chi connectivity index (χ2n) is 7.95. The molecule has 9 nitrogen and oxygen atoms in total. The maximum absolute atomic E-state index is 12.5. The summed E-state index contributed by atoms with van der Waals surface area (Å²) < 4.78 is 6.03. The molecule has 2 unspecified atom stereocenters. The van der Waals surface area contributed by atoms with Crippen molar-refractivity contribution in [3.8, 4) is 0 Å². The van der Waals surface area contributed by atoms with E-state index in [-0.39, 0.29) is 18.2 Å². The molecule has 2 atom stereocenters. The van der Waals surface area contributed by atoms with Gasteiger partial charge in [-0.1, -0.05) is 18.2 Å². The lowest BCUT2D eigenvalue weighted by Crippen LogP contribution is -2.36. The molecule has 0 aliphatic carbocycles. The summed E-state index contributed by atoms with van der Waals surface area (Å²) >= 11 is 0. The minimum Gasteiger partial charge on any atom is -0.480 e. The van der Waals surface area contributed by atoms with Gasteiger partial charge in [-0.25, -0.2) is 19.7 Å². The predicted octanol–water partition coefficient (Wildman–Crippen LogP) is 3.39. The fourth-order valence-corrected chi connectivity index (χ4v) is 4.31. The molecule has 1 amide bonds. The maximum Gasteiger partial charge on any atom is 0.326 e. The van der Waals surface area contributed by atoms with Gasteiger partial charge in [0.25, 0.3) is 0 Å². The van der Waals surface area contributed by atoms with Crippen LogP contribution in [0.5, 0.6) is 0 Å². The van der Waals surface area contributed by atoms with Gasteiger partial charge in [0.2, 0.25) is 5.91 Å². The quantitative estimate of drug-likeness (QED) is 0.493. The smallest absolute Gasteiger partial charge is 0.326 e.